The van der Waals surface area contributed by atoms with E-state index in [4.69, 9.17) is 10.5 Å². The molecule has 0 unspecified atom stereocenters. The fraction of sp³-hybridized carbons (Fsp3) is 0.706. The maximum Gasteiger partial charge on any atom is 0.237 e. The van der Waals surface area contributed by atoms with Gasteiger partial charge in [-0.15, -0.1) is 0 Å². The second-order valence-corrected chi connectivity index (χ2v) is 7.13. The minimum atomic E-state index is 0.608. The van der Waals surface area contributed by atoms with Gasteiger partial charge in [0.25, 0.3) is 0 Å². The predicted molar refractivity (Wildman–Crippen MR) is 79.3 cm³/mol. The first-order chi connectivity index (χ1) is 9.79. The molecule has 0 aromatic carbocycles. The summed E-state index contributed by atoms with van der Waals surface area (Å²) in [5, 5.41) is 0. The lowest BCUT2D eigenvalue weighted by Gasteiger charge is -2.54. The smallest absolute Gasteiger partial charge is 0.237 e. The number of hydrogen-bond donors (Lipinski definition) is 1. The average molecular weight is 272 g/mol. The van der Waals surface area contributed by atoms with E-state index in [1.165, 1.54) is 38.5 Å². The Bertz CT molecular complexity index is 460. The molecule has 0 radical (unpaired) electrons. The molecule has 0 amide bonds. The number of nitrogens with two attached hydrogens (primary N) is 1. The fourth-order valence-electron chi connectivity index (χ4n) is 5.32. The summed E-state index contributed by atoms with van der Waals surface area (Å²) in [6, 6.07) is 3.70. The highest BCUT2D eigenvalue weighted by Crippen LogP contribution is 2.57. The second kappa shape index (κ2) is 4.94. The molecule has 3 heteroatoms. The molecule has 0 saturated heterocycles. The van der Waals surface area contributed by atoms with Crippen molar-refractivity contribution in [3.05, 3.63) is 18.3 Å². The minimum Gasteiger partial charge on any atom is -0.476 e. The first-order valence-corrected chi connectivity index (χ1v) is 8.13. The molecule has 4 aliphatic rings. The van der Waals surface area contributed by atoms with E-state index in [-0.39, 0.29) is 0 Å². The molecule has 1 heterocycles. The number of nitrogen functional groups attached to an aromatic ring is 1. The van der Waals surface area contributed by atoms with Gasteiger partial charge in [-0.05, 0) is 80.2 Å². The van der Waals surface area contributed by atoms with Crippen molar-refractivity contribution in [2.24, 2.45) is 29.6 Å². The van der Waals surface area contributed by atoms with Crippen LogP contribution in [0.5, 0.6) is 5.88 Å². The van der Waals surface area contributed by atoms with E-state index < -0.39 is 0 Å². The predicted octanol–water partition coefficient (Wildman–Crippen LogP) is 3.51. The van der Waals surface area contributed by atoms with Gasteiger partial charge in [0.15, 0.2) is 0 Å². The summed E-state index contributed by atoms with van der Waals surface area (Å²) in [6.45, 7) is 0.772. The zero-order valence-electron chi connectivity index (χ0n) is 12.0. The standard InChI is InChI=1S/C17H24N2O/c18-16-2-1-4-19-17(16)20-5-3-15-13-7-11-6-12(9-13)10-14(15)8-11/h1-2,4,11-15H,3,5-10,18H2. The van der Waals surface area contributed by atoms with Crippen LogP contribution >= 0.6 is 0 Å². The topological polar surface area (TPSA) is 48.1 Å². The van der Waals surface area contributed by atoms with Crippen LogP contribution in [-0.2, 0) is 0 Å². The van der Waals surface area contributed by atoms with E-state index in [9.17, 15) is 0 Å². The monoisotopic (exact) mass is 272 g/mol. The summed E-state index contributed by atoms with van der Waals surface area (Å²) < 4.78 is 5.81. The number of anilines is 1. The van der Waals surface area contributed by atoms with E-state index in [0.717, 1.165) is 36.2 Å². The first kappa shape index (κ1) is 12.5. The Hall–Kier alpha value is -1.25. The van der Waals surface area contributed by atoms with Crippen molar-refractivity contribution in [3.8, 4) is 5.88 Å². The summed E-state index contributed by atoms with van der Waals surface area (Å²) >= 11 is 0. The summed E-state index contributed by atoms with van der Waals surface area (Å²) in [6.07, 6.45) is 10.4. The summed E-state index contributed by atoms with van der Waals surface area (Å²) in [5.74, 6) is 5.58. The normalized spacial score (nSPS) is 38.1. The number of hydrogen-bond acceptors (Lipinski definition) is 3. The molecule has 3 nitrogen and oxygen atoms in total. The van der Waals surface area contributed by atoms with Gasteiger partial charge in [0.2, 0.25) is 5.88 Å². The zero-order valence-corrected chi connectivity index (χ0v) is 12.0. The molecule has 1 aromatic heterocycles. The van der Waals surface area contributed by atoms with E-state index >= 15 is 0 Å². The van der Waals surface area contributed by atoms with Gasteiger partial charge < -0.3 is 10.5 Å². The van der Waals surface area contributed by atoms with Gasteiger partial charge in [0.1, 0.15) is 0 Å². The number of nitrogens with zero attached hydrogens (tertiary/aromatic N) is 1. The maximum absolute atomic E-state index is 5.87. The van der Waals surface area contributed by atoms with E-state index in [2.05, 4.69) is 4.98 Å². The molecule has 0 atom stereocenters. The van der Waals surface area contributed by atoms with Crippen molar-refractivity contribution in [1.29, 1.82) is 0 Å². The Kier molecular flexibility index (Phi) is 3.08. The Balaban J connectivity index is 1.35. The molecule has 1 aromatic rings. The highest BCUT2D eigenvalue weighted by molar-refractivity contribution is 5.46. The van der Waals surface area contributed by atoms with Crippen LogP contribution in [-0.4, -0.2) is 11.6 Å². The highest BCUT2D eigenvalue weighted by Gasteiger charge is 2.47. The van der Waals surface area contributed by atoms with Crippen molar-refractivity contribution >= 4 is 5.69 Å². The lowest BCUT2D eigenvalue weighted by molar-refractivity contribution is -0.0437. The van der Waals surface area contributed by atoms with Crippen LogP contribution in [0.4, 0.5) is 5.69 Å². The number of ether oxygens (including phenoxy) is 1. The molecule has 4 fully saturated rings. The minimum absolute atomic E-state index is 0.608. The third-order valence-corrected chi connectivity index (χ3v) is 5.91. The molecule has 0 spiro atoms. The fourth-order valence-corrected chi connectivity index (χ4v) is 5.32. The van der Waals surface area contributed by atoms with E-state index in [0.29, 0.717) is 11.6 Å². The molecule has 4 bridgehead atoms. The summed E-state index contributed by atoms with van der Waals surface area (Å²) in [4.78, 5) is 4.21. The van der Waals surface area contributed by atoms with E-state index in [1.807, 2.05) is 12.1 Å². The van der Waals surface area contributed by atoms with E-state index in [1.54, 1.807) is 6.20 Å². The van der Waals surface area contributed by atoms with Gasteiger partial charge in [-0.3, -0.25) is 0 Å². The van der Waals surface area contributed by atoms with Crippen molar-refractivity contribution in [3.63, 3.8) is 0 Å². The molecule has 0 aliphatic heterocycles. The molecule has 4 aliphatic carbocycles. The summed E-state index contributed by atoms with van der Waals surface area (Å²) in [7, 11) is 0. The maximum atomic E-state index is 5.87. The molecule has 5 rings (SSSR count). The summed E-state index contributed by atoms with van der Waals surface area (Å²) in [5.41, 5.74) is 6.52. The number of aromatic nitrogens is 1. The van der Waals surface area contributed by atoms with Crippen molar-refractivity contribution < 1.29 is 4.74 Å². The van der Waals surface area contributed by atoms with Crippen LogP contribution in [0.3, 0.4) is 0 Å². The van der Waals surface area contributed by atoms with Gasteiger partial charge in [-0.1, -0.05) is 0 Å². The third-order valence-electron chi connectivity index (χ3n) is 5.91. The van der Waals surface area contributed by atoms with Crippen LogP contribution in [0.2, 0.25) is 0 Å². The van der Waals surface area contributed by atoms with Crippen LogP contribution in [0.15, 0.2) is 18.3 Å². The van der Waals surface area contributed by atoms with Gasteiger partial charge in [0.05, 0.1) is 12.3 Å². The second-order valence-electron chi connectivity index (χ2n) is 7.13. The lowest BCUT2D eigenvalue weighted by atomic mass is 9.51. The van der Waals surface area contributed by atoms with Gasteiger partial charge in [-0.2, -0.15) is 0 Å². The third kappa shape index (κ3) is 2.17. The molecule has 108 valence electrons. The van der Waals surface area contributed by atoms with Crippen LogP contribution in [0.25, 0.3) is 0 Å². The van der Waals surface area contributed by atoms with Gasteiger partial charge >= 0.3 is 0 Å². The Labute approximate surface area is 120 Å². The van der Waals surface area contributed by atoms with Crippen molar-refractivity contribution in [2.75, 3.05) is 12.3 Å². The van der Waals surface area contributed by atoms with Crippen molar-refractivity contribution in [2.45, 2.75) is 38.5 Å². The van der Waals surface area contributed by atoms with Crippen LogP contribution < -0.4 is 10.5 Å². The molecular formula is C17H24N2O. The van der Waals surface area contributed by atoms with Gasteiger partial charge in [-0.25, -0.2) is 4.98 Å². The molecule has 2 N–H and O–H groups in total. The Morgan fingerprint density at radius 1 is 1.10 bits per heavy atom. The Morgan fingerprint density at radius 2 is 1.80 bits per heavy atom. The largest absolute Gasteiger partial charge is 0.476 e. The SMILES string of the molecule is Nc1cccnc1OCCC1C2CC3CC(C2)CC1C3. The van der Waals surface area contributed by atoms with Crippen LogP contribution in [0, 0.1) is 29.6 Å². The lowest BCUT2D eigenvalue weighted by Crippen LogP contribution is -2.45. The van der Waals surface area contributed by atoms with Crippen molar-refractivity contribution in [1.82, 2.24) is 4.98 Å². The number of rotatable bonds is 4. The number of pyridine rings is 1. The van der Waals surface area contributed by atoms with Crippen LogP contribution in [0.1, 0.15) is 38.5 Å². The molecule has 4 saturated carbocycles. The Morgan fingerprint density at radius 3 is 2.45 bits per heavy atom. The quantitative estimate of drug-likeness (QED) is 0.912. The molecular weight excluding hydrogens is 248 g/mol. The zero-order chi connectivity index (χ0) is 13.5. The van der Waals surface area contributed by atoms with Gasteiger partial charge in [0, 0.05) is 6.20 Å². The average Bonchev–Trinajstić information content (AvgIpc) is 2.43. The molecule has 20 heavy (non-hydrogen) atoms. The first-order valence-electron chi connectivity index (χ1n) is 8.13. The highest BCUT2D eigenvalue weighted by atomic mass is 16.5.